The minimum absolute atomic E-state index is 0.172. The number of rotatable bonds is 5. The lowest BCUT2D eigenvalue weighted by molar-refractivity contribution is 0.327. The molecule has 0 amide bonds. The van der Waals surface area contributed by atoms with Crippen molar-refractivity contribution in [3.8, 4) is 17.2 Å². The molecule has 0 fully saturated rings. The van der Waals surface area contributed by atoms with Crippen LogP contribution in [0.25, 0.3) is 21.9 Å². The standard InChI is InChI=1S/C19H19N5O3/c1-25-15-8-11-13(6-10-4-5-12-14(7-10)22-9-21-12)23-19(20)24-16(11)18(27-3)17(15)26-2/h4-5,7-9H,6H2,1-3H3,(H,21,22)(H2,20,23,24). The summed E-state index contributed by atoms with van der Waals surface area (Å²) in [5.74, 6) is 1.65. The second-order valence-electron chi connectivity index (χ2n) is 6.00. The van der Waals surface area contributed by atoms with E-state index in [0.717, 1.165) is 27.7 Å². The summed E-state index contributed by atoms with van der Waals surface area (Å²) in [7, 11) is 4.69. The topological polar surface area (TPSA) is 108 Å². The molecule has 0 bridgehead atoms. The van der Waals surface area contributed by atoms with Crippen molar-refractivity contribution in [2.45, 2.75) is 6.42 Å². The number of aromatic nitrogens is 4. The van der Waals surface area contributed by atoms with Gasteiger partial charge in [0, 0.05) is 11.8 Å². The Balaban J connectivity index is 1.91. The van der Waals surface area contributed by atoms with Gasteiger partial charge in [0.2, 0.25) is 11.7 Å². The Kier molecular flexibility index (Phi) is 4.15. The van der Waals surface area contributed by atoms with E-state index >= 15 is 0 Å². The van der Waals surface area contributed by atoms with Gasteiger partial charge in [0.1, 0.15) is 5.52 Å². The van der Waals surface area contributed by atoms with Crippen LogP contribution in [-0.4, -0.2) is 41.3 Å². The maximum atomic E-state index is 5.97. The van der Waals surface area contributed by atoms with Gasteiger partial charge in [-0.2, -0.15) is 0 Å². The van der Waals surface area contributed by atoms with Crippen molar-refractivity contribution in [2.24, 2.45) is 0 Å². The first-order valence-electron chi connectivity index (χ1n) is 8.31. The van der Waals surface area contributed by atoms with E-state index in [0.29, 0.717) is 29.2 Å². The minimum atomic E-state index is 0.172. The number of hydrogen-bond acceptors (Lipinski definition) is 7. The number of anilines is 1. The van der Waals surface area contributed by atoms with Gasteiger partial charge in [-0.05, 0) is 23.8 Å². The highest BCUT2D eigenvalue weighted by Crippen LogP contribution is 2.43. The summed E-state index contributed by atoms with van der Waals surface area (Å²) in [6.45, 7) is 0. The Labute approximate surface area is 155 Å². The summed E-state index contributed by atoms with van der Waals surface area (Å²) in [5, 5.41) is 0.795. The number of imidazole rings is 1. The highest BCUT2D eigenvalue weighted by Gasteiger charge is 2.20. The predicted molar refractivity (Wildman–Crippen MR) is 103 cm³/mol. The lowest BCUT2D eigenvalue weighted by atomic mass is 10.0. The van der Waals surface area contributed by atoms with E-state index in [1.54, 1.807) is 27.7 Å². The van der Waals surface area contributed by atoms with E-state index in [1.165, 1.54) is 0 Å². The Morgan fingerprint density at radius 2 is 1.81 bits per heavy atom. The first-order valence-corrected chi connectivity index (χ1v) is 8.31. The molecular formula is C19H19N5O3. The Morgan fingerprint density at radius 3 is 2.56 bits per heavy atom. The summed E-state index contributed by atoms with van der Waals surface area (Å²) < 4.78 is 16.4. The number of hydrogen-bond donors (Lipinski definition) is 2. The molecule has 3 N–H and O–H groups in total. The maximum absolute atomic E-state index is 5.97. The summed E-state index contributed by atoms with van der Waals surface area (Å²) in [6, 6.07) is 7.88. The molecule has 0 saturated carbocycles. The van der Waals surface area contributed by atoms with Crippen LogP contribution in [0, 0.1) is 0 Å². The molecule has 8 heteroatoms. The van der Waals surface area contributed by atoms with E-state index in [1.807, 2.05) is 24.3 Å². The van der Waals surface area contributed by atoms with Crippen LogP contribution >= 0.6 is 0 Å². The average Bonchev–Trinajstić information content (AvgIpc) is 3.14. The third-order valence-electron chi connectivity index (χ3n) is 4.45. The molecule has 0 radical (unpaired) electrons. The number of benzene rings is 2. The van der Waals surface area contributed by atoms with Crippen LogP contribution in [-0.2, 0) is 6.42 Å². The molecule has 138 valence electrons. The van der Waals surface area contributed by atoms with Gasteiger partial charge in [-0.1, -0.05) is 6.07 Å². The summed E-state index contributed by atoms with van der Waals surface area (Å²) in [4.78, 5) is 16.2. The fourth-order valence-corrected chi connectivity index (χ4v) is 3.23. The minimum Gasteiger partial charge on any atom is -0.493 e. The lowest BCUT2D eigenvalue weighted by Crippen LogP contribution is -2.04. The molecule has 0 aliphatic carbocycles. The van der Waals surface area contributed by atoms with Crippen LogP contribution < -0.4 is 19.9 Å². The number of nitrogens with zero attached hydrogens (tertiary/aromatic N) is 3. The summed E-state index contributed by atoms with van der Waals surface area (Å²) >= 11 is 0. The zero-order valence-electron chi connectivity index (χ0n) is 15.2. The van der Waals surface area contributed by atoms with Gasteiger partial charge in [0.15, 0.2) is 11.5 Å². The number of nitrogens with one attached hydrogen (secondary N) is 1. The van der Waals surface area contributed by atoms with Crippen molar-refractivity contribution in [3.05, 3.63) is 41.9 Å². The summed E-state index contributed by atoms with van der Waals surface area (Å²) in [6.07, 6.45) is 2.24. The molecule has 4 rings (SSSR count). The third-order valence-corrected chi connectivity index (χ3v) is 4.45. The van der Waals surface area contributed by atoms with E-state index in [9.17, 15) is 0 Å². The molecule has 2 heterocycles. The zero-order valence-corrected chi connectivity index (χ0v) is 15.2. The lowest BCUT2D eigenvalue weighted by Gasteiger charge is -2.16. The van der Waals surface area contributed by atoms with Gasteiger partial charge in [-0.25, -0.2) is 15.0 Å². The highest BCUT2D eigenvalue weighted by atomic mass is 16.5. The number of ether oxygens (including phenoxy) is 3. The normalized spacial score (nSPS) is 11.1. The molecule has 0 saturated heterocycles. The van der Waals surface area contributed by atoms with E-state index in [2.05, 4.69) is 19.9 Å². The highest BCUT2D eigenvalue weighted by molar-refractivity contribution is 5.92. The fraction of sp³-hybridized carbons (Fsp3) is 0.211. The zero-order chi connectivity index (χ0) is 19.0. The van der Waals surface area contributed by atoms with Crippen LogP contribution in [0.15, 0.2) is 30.6 Å². The number of fused-ring (bicyclic) bond motifs is 2. The molecule has 0 aliphatic heterocycles. The smallest absolute Gasteiger partial charge is 0.220 e. The molecular weight excluding hydrogens is 346 g/mol. The third kappa shape index (κ3) is 2.84. The van der Waals surface area contributed by atoms with Gasteiger partial charge < -0.3 is 24.9 Å². The van der Waals surface area contributed by atoms with E-state index in [-0.39, 0.29) is 5.95 Å². The first kappa shape index (κ1) is 16.9. The molecule has 4 aromatic rings. The number of nitrogens with two attached hydrogens (primary N) is 1. The van der Waals surface area contributed by atoms with Gasteiger partial charge in [-0.15, -0.1) is 0 Å². The molecule has 0 spiro atoms. The number of H-pyrrole nitrogens is 1. The van der Waals surface area contributed by atoms with Gasteiger partial charge in [0.05, 0.1) is 44.4 Å². The molecule has 27 heavy (non-hydrogen) atoms. The van der Waals surface area contributed by atoms with Crippen molar-refractivity contribution >= 4 is 27.9 Å². The van der Waals surface area contributed by atoms with Crippen LogP contribution in [0.1, 0.15) is 11.3 Å². The SMILES string of the molecule is COc1cc2c(Cc3ccc4nc[nH]c4c3)nc(N)nc2c(OC)c1OC. The molecule has 0 atom stereocenters. The van der Waals surface area contributed by atoms with Crippen LogP contribution in [0.3, 0.4) is 0 Å². The van der Waals surface area contributed by atoms with Crippen molar-refractivity contribution in [1.82, 2.24) is 19.9 Å². The number of aromatic amines is 1. The van der Waals surface area contributed by atoms with Gasteiger partial charge >= 0.3 is 0 Å². The largest absolute Gasteiger partial charge is 0.493 e. The maximum Gasteiger partial charge on any atom is 0.220 e. The van der Waals surface area contributed by atoms with Crippen LogP contribution in [0.5, 0.6) is 17.2 Å². The van der Waals surface area contributed by atoms with Crippen molar-refractivity contribution in [1.29, 1.82) is 0 Å². The van der Waals surface area contributed by atoms with E-state index in [4.69, 9.17) is 19.9 Å². The van der Waals surface area contributed by atoms with Crippen molar-refractivity contribution < 1.29 is 14.2 Å². The predicted octanol–water partition coefficient (Wildman–Crippen LogP) is 2.70. The fourth-order valence-electron chi connectivity index (χ4n) is 3.23. The number of nitrogen functional groups attached to an aromatic ring is 1. The van der Waals surface area contributed by atoms with Crippen LogP contribution in [0.2, 0.25) is 0 Å². The Hall–Kier alpha value is -3.55. The molecule has 0 aliphatic rings. The van der Waals surface area contributed by atoms with Crippen molar-refractivity contribution in [2.75, 3.05) is 27.1 Å². The Morgan fingerprint density at radius 1 is 1.00 bits per heavy atom. The monoisotopic (exact) mass is 365 g/mol. The molecule has 8 nitrogen and oxygen atoms in total. The van der Waals surface area contributed by atoms with Crippen molar-refractivity contribution in [3.63, 3.8) is 0 Å². The Bertz CT molecular complexity index is 1140. The molecule has 2 aromatic heterocycles. The number of methoxy groups -OCH3 is 3. The second-order valence-corrected chi connectivity index (χ2v) is 6.00. The van der Waals surface area contributed by atoms with Gasteiger partial charge in [-0.3, -0.25) is 0 Å². The second kappa shape index (κ2) is 6.64. The average molecular weight is 365 g/mol. The van der Waals surface area contributed by atoms with E-state index < -0.39 is 0 Å². The van der Waals surface area contributed by atoms with Gasteiger partial charge in [0.25, 0.3) is 0 Å². The summed E-state index contributed by atoms with van der Waals surface area (Å²) in [5.41, 5.74) is 10.3. The molecule has 0 unspecified atom stereocenters. The molecule has 2 aromatic carbocycles. The van der Waals surface area contributed by atoms with Crippen LogP contribution in [0.4, 0.5) is 5.95 Å². The quantitative estimate of drug-likeness (QED) is 0.560. The first-order chi connectivity index (χ1) is 13.1.